The van der Waals surface area contributed by atoms with Gasteiger partial charge in [0.05, 0.1) is 13.1 Å². The summed E-state index contributed by atoms with van der Waals surface area (Å²) in [7, 11) is 1.65. The highest BCUT2D eigenvalue weighted by molar-refractivity contribution is 5.92. The highest BCUT2D eigenvalue weighted by Gasteiger charge is 2.21. The summed E-state index contributed by atoms with van der Waals surface area (Å²) in [4.78, 5) is 23.9. The Balaban J connectivity index is 2.21. The van der Waals surface area contributed by atoms with Crippen LogP contribution in [-0.2, 0) is 14.3 Å². The average molecular weight is 200 g/mol. The van der Waals surface area contributed by atoms with E-state index in [0.29, 0.717) is 13.2 Å². The molecule has 80 valence electrons. The third kappa shape index (κ3) is 3.33. The molecule has 1 rings (SSSR count). The van der Waals surface area contributed by atoms with Crippen LogP contribution in [0.5, 0.6) is 0 Å². The molecule has 1 aliphatic heterocycles. The van der Waals surface area contributed by atoms with Crippen molar-refractivity contribution in [3.8, 4) is 0 Å². The lowest BCUT2D eigenvalue weighted by atomic mass is 10.2. The van der Waals surface area contributed by atoms with Gasteiger partial charge in [-0.15, -0.1) is 0 Å². The van der Waals surface area contributed by atoms with Crippen molar-refractivity contribution in [1.29, 1.82) is 0 Å². The average Bonchev–Trinajstić information content (AvgIpc) is 2.18. The van der Waals surface area contributed by atoms with Gasteiger partial charge in [-0.2, -0.15) is 0 Å². The van der Waals surface area contributed by atoms with Crippen molar-refractivity contribution in [2.75, 3.05) is 33.4 Å². The Morgan fingerprint density at radius 3 is 2.93 bits per heavy atom. The van der Waals surface area contributed by atoms with Crippen molar-refractivity contribution < 1.29 is 14.3 Å². The van der Waals surface area contributed by atoms with E-state index in [0.717, 1.165) is 12.8 Å². The van der Waals surface area contributed by atoms with E-state index in [1.165, 1.54) is 0 Å². The number of unbranched alkanes of at least 4 members (excludes halogenated alkanes) is 1. The molecular weight excluding hydrogens is 184 g/mol. The number of nitrogens with one attached hydrogen (secondary N) is 1. The van der Waals surface area contributed by atoms with Crippen LogP contribution in [0.1, 0.15) is 12.8 Å². The quantitative estimate of drug-likeness (QED) is 0.601. The largest absolute Gasteiger partial charge is 0.385 e. The van der Waals surface area contributed by atoms with Gasteiger partial charge in [0, 0.05) is 20.3 Å². The molecule has 0 bridgehead atoms. The Labute approximate surface area is 83.4 Å². The molecule has 0 spiro atoms. The van der Waals surface area contributed by atoms with E-state index in [1.807, 2.05) is 0 Å². The number of carbonyl (C=O) groups is 2. The molecule has 0 aliphatic carbocycles. The minimum atomic E-state index is -0.0728. The van der Waals surface area contributed by atoms with E-state index in [4.69, 9.17) is 4.74 Å². The molecule has 1 saturated heterocycles. The molecule has 1 fully saturated rings. The third-order valence-electron chi connectivity index (χ3n) is 2.15. The van der Waals surface area contributed by atoms with E-state index in [2.05, 4.69) is 5.32 Å². The van der Waals surface area contributed by atoms with Gasteiger partial charge in [0.25, 0.3) is 0 Å². The van der Waals surface area contributed by atoms with E-state index in [-0.39, 0.29) is 24.9 Å². The second kappa shape index (κ2) is 5.59. The van der Waals surface area contributed by atoms with Gasteiger partial charge in [-0.05, 0) is 12.8 Å². The molecule has 5 nitrogen and oxygen atoms in total. The van der Waals surface area contributed by atoms with Crippen molar-refractivity contribution >= 4 is 11.8 Å². The van der Waals surface area contributed by atoms with Crippen molar-refractivity contribution in [3.63, 3.8) is 0 Å². The molecule has 1 N–H and O–H groups in total. The lowest BCUT2D eigenvalue weighted by Crippen LogP contribution is -2.51. The van der Waals surface area contributed by atoms with Gasteiger partial charge < -0.3 is 15.0 Å². The predicted molar refractivity (Wildman–Crippen MR) is 50.7 cm³/mol. The van der Waals surface area contributed by atoms with Gasteiger partial charge in [-0.1, -0.05) is 0 Å². The number of rotatable bonds is 5. The van der Waals surface area contributed by atoms with Gasteiger partial charge in [0.15, 0.2) is 0 Å². The van der Waals surface area contributed by atoms with E-state index in [1.54, 1.807) is 12.0 Å². The minimum Gasteiger partial charge on any atom is -0.385 e. The van der Waals surface area contributed by atoms with Crippen LogP contribution in [0.2, 0.25) is 0 Å². The molecule has 0 aromatic rings. The van der Waals surface area contributed by atoms with Crippen molar-refractivity contribution in [1.82, 2.24) is 10.2 Å². The number of ether oxygens (including phenoxy) is 1. The molecule has 0 aromatic heterocycles. The summed E-state index contributed by atoms with van der Waals surface area (Å²) in [6.07, 6.45) is 1.80. The number of hydrogen-bond acceptors (Lipinski definition) is 3. The zero-order valence-electron chi connectivity index (χ0n) is 8.41. The Morgan fingerprint density at radius 1 is 1.43 bits per heavy atom. The Kier molecular flexibility index (Phi) is 4.39. The molecular formula is C9H16N2O3. The SMILES string of the molecule is COCCCCN1CC(=O)NCC1=O. The van der Waals surface area contributed by atoms with Crippen molar-refractivity contribution in [3.05, 3.63) is 0 Å². The third-order valence-corrected chi connectivity index (χ3v) is 2.15. The highest BCUT2D eigenvalue weighted by Crippen LogP contribution is 1.99. The first kappa shape index (κ1) is 11.0. The maximum Gasteiger partial charge on any atom is 0.242 e. The number of carbonyl (C=O) groups excluding carboxylic acids is 2. The van der Waals surface area contributed by atoms with Crippen LogP contribution in [-0.4, -0.2) is 50.1 Å². The minimum absolute atomic E-state index is 0.00187. The fraction of sp³-hybridized carbons (Fsp3) is 0.778. The molecule has 0 atom stereocenters. The van der Waals surface area contributed by atoms with Crippen LogP contribution in [0.4, 0.5) is 0 Å². The van der Waals surface area contributed by atoms with Crippen LogP contribution in [0.15, 0.2) is 0 Å². The summed E-state index contributed by atoms with van der Waals surface area (Å²) in [6.45, 7) is 1.69. The highest BCUT2D eigenvalue weighted by atomic mass is 16.5. The van der Waals surface area contributed by atoms with Crippen LogP contribution in [0.25, 0.3) is 0 Å². The van der Waals surface area contributed by atoms with Gasteiger partial charge in [-0.25, -0.2) is 0 Å². The Morgan fingerprint density at radius 2 is 2.21 bits per heavy atom. The van der Waals surface area contributed by atoms with Gasteiger partial charge >= 0.3 is 0 Å². The predicted octanol–water partition coefficient (Wildman–Crippen LogP) is -0.629. The van der Waals surface area contributed by atoms with Crippen molar-refractivity contribution in [2.45, 2.75) is 12.8 Å². The number of methoxy groups -OCH3 is 1. The molecule has 0 unspecified atom stereocenters. The standard InChI is InChI=1S/C9H16N2O3/c1-14-5-3-2-4-11-7-8(12)10-6-9(11)13/h2-7H2,1H3,(H,10,12). The number of piperazine rings is 1. The van der Waals surface area contributed by atoms with Gasteiger partial charge in [-0.3, -0.25) is 9.59 Å². The Bertz CT molecular complexity index is 218. The summed E-state index contributed by atoms with van der Waals surface area (Å²) in [6, 6.07) is 0. The zero-order valence-corrected chi connectivity index (χ0v) is 8.41. The first-order chi connectivity index (χ1) is 6.74. The summed E-state index contributed by atoms with van der Waals surface area (Å²) in [5.74, 6) is -0.0710. The lowest BCUT2D eigenvalue weighted by Gasteiger charge is -2.26. The number of amides is 2. The Hall–Kier alpha value is -1.10. The monoisotopic (exact) mass is 200 g/mol. The fourth-order valence-electron chi connectivity index (χ4n) is 1.36. The first-order valence-electron chi connectivity index (χ1n) is 4.77. The second-order valence-corrected chi connectivity index (χ2v) is 3.29. The molecule has 0 saturated carbocycles. The first-order valence-corrected chi connectivity index (χ1v) is 4.77. The van der Waals surface area contributed by atoms with Crippen LogP contribution in [0, 0.1) is 0 Å². The lowest BCUT2D eigenvalue weighted by molar-refractivity contribution is -0.140. The molecule has 2 amide bonds. The topological polar surface area (TPSA) is 58.6 Å². The maximum atomic E-state index is 11.3. The molecule has 14 heavy (non-hydrogen) atoms. The van der Waals surface area contributed by atoms with E-state index < -0.39 is 0 Å². The fourth-order valence-corrected chi connectivity index (χ4v) is 1.36. The summed E-state index contributed by atoms with van der Waals surface area (Å²) in [5.41, 5.74) is 0. The van der Waals surface area contributed by atoms with Crippen molar-refractivity contribution in [2.24, 2.45) is 0 Å². The maximum absolute atomic E-state index is 11.3. The number of hydrogen-bond donors (Lipinski definition) is 1. The summed E-state index contributed by atoms with van der Waals surface area (Å²) < 4.78 is 4.90. The van der Waals surface area contributed by atoms with E-state index >= 15 is 0 Å². The van der Waals surface area contributed by atoms with Crippen LogP contribution >= 0.6 is 0 Å². The van der Waals surface area contributed by atoms with Crippen LogP contribution < -0.4 is 5.32 Å². The van der Waals surface area contributed by atoms with E-state index in [9.17, 15) is 9.59 Å². The summed E-state index contributed by atoms with van der Waals surface area (Å²) >= 11 is 0. The molecule has 0 aromatic carbocycles. The zero-order chi connectivity index (χ0) is 10.4. The smallest absolute Gasteiger partial charge is 0.242 e. The normalized spacial score (nSPS) is 17.1. The summed E-state index contributed by atoms with van der Waals surface area (Å²) in [5, 5.41) is 2.51. The molecule has 1 aliphatic rings. The van der Waals surface area contributed by atoms with Gasteiger partial charge in [0.2, 0.25) is 11.8 Å². The second-order valence-electron chi connectivity index (χ2n) is 3.29. The molecule has 1 heterocycles. The van der Waals surface area contributed by atoms with Gasteiger partial charge in [0.1, 0.15) is 0 Å². The van der Waals surface area contributed by atoms with Crippen LogP contribution in [0.3, 0.4) is 0 Å². The molecule has 0 radical (unpaired) electrons. The molecule has 5 heteroatoms. The number of nitrogens with zero attached hydrogens (tertiary/aromatic N) is 1.